The van der Waals surface area contributed by atoms with E-state index in [0.717, 1.165) is 28.1 Å². The highest BCUT2D eigenvalue weighted by atomic mass is 79.9. The predicted octanol–water partition coefficient (Wildman–Crippen LogP) is 3.86. The van der Waals surface area contributed by atoms with Crippen LogP contribution in [0.4, 0.5) is 0 Å². The number of aromatic nitrogens is 1. The van der Waals surface area contributed by atoms with Crippen molar-refractivity contribution in [2.24, 2.45) is 5.92 Å². The lowest BCUT2D eigenvalue weighted by molar-refractivity contribution is 0.113. The summed E-state index contributed by atoms with van der Waals surface area (Å²) < 4.78 is 1.06. The fourth-order valence-corrected chi connectivity index (χ4v) is 4.89. The lowest BCUT2D eigenvalue weighted by Gasteiger charge is -2.37. The van der Waals surface area contributed by atoms with E-state index in [9.17, 15) is 5.11 Å². The van der Waals surface area contributed by atoms with Crippen LogP contribution in [0.5, 0.6) is 0 Å². The maximum atomic E-state index is 9.91. The first-order valence-corrected chi connectivity index (χ1v) is 9.47. The molecule has 0 aliphatic heterocycles. The van der Waals surface area contributed by atoms with Gasteiger partial charge in [-0.15, -0.1) is 11.8 Å². The normalized spacial score (nSPS) is 25.7. The van der Waals surface area contributed by atoms with Crippen LogP contribution >= 0.6 is 27.7 Å². The minimum atomic E-state index is -0.0733. The fourth-order valence-electron chi connectivity index (χ4n) is 3.36. The van der Waals surface area contributed by atoms with Crippen LogP contribution in [0.25, 0.3) is 0 Å². The molecule has 2 rings (SSSR count). The third-order valence-corrected chi connectivity index (χ3v) is 6.19. The Labute approximate surface area is 140 Å². The number of hydrogen-bond donors (Lipinski definition) is 2. The van der Waals surface area contributed by atoms with Gasteiger partial charge in [-0.25, -0.2) is 4.98 Å². The van der Waals surface area contributed by atoms with E-state index >= 15 is 0 Å². The number of nitrogens with one attached hydrogen (secondary N) is 1. The molecule has 0 bridgehead atoms. The van der Waals surface area contributed by atoms with Crippen molar-refractivity contribution in [2.45, 2.75) is 56.1 Å². The molecule has 0 aromatic carbocycles. The van der Waals surface area contributed by atoms with Crippen LogP contribution in [0.2, 0.25) is 0 Å². The summed E-state index contributed by atoms with van der Waals surface area (Å²) in [4.78, 5) is 4.40. The van der Waals surface area contributed by atoms with Gasteiger partial charge in [0.15, 0.2) is 0 Å². The first-order chi connectivity index (χ1) is 10.1. The molecule has 1 aromatic rings. The molecule has 0 radical (unpaired) electrons. The number of halogens is 1. The van der Waals surface area contributed by atoms with E-state index in [1.54, 1.807) is 11.8 Å². The number of nitrogens with zero attached hydrogens (tertiary/aromatic N) is 1. The van der Waals surface area contributed by atoms with E-state index in [4.69, 9.17) is 0 Å². The molecule has 5 heteroatoms. The van der Waals surface area contributed by atoms with Crippen molar-refractivity contribution in [3.63, 3.8) is 0 Å². The standard InChI is InChI=1S/C16H25BrN2OS/c1-12(2)19-16(11-20)8-3-5-13(16)7-10-21-15-14(17)6-4-9-18-15/h4,6,9,12-13,19-20H,3,5,7-8,10-11H2,1-2H3. The highest BCUT2D eigenvalue weighted by molar-refractivity contribution is 9.10. The average molecular weight is 373 g/mol. The van der Waals surface area contributed by atoms with Crippen molar-refractivity contribution in [2.75, 3.05) is 12.4 Å². The van der Waals surface area contributed by atoms with Crippen molar-refractivity contribution >= 4 is 27.7 Å². The molecule has 2 atom stereocenters. The molecule has 2 N–H and O–H groups in total. The molecule has 0 amide bonds. The Morgan fingerprint density at radius 2 is 2.38 bits per heavy atom. The van der Waals surface area contributed by atoms with Crippen molar-refractivity contribution < 1.29 is 5.11 Å². The third kappa shape index (κ3) is 4.44. The van der Waals surface area contributed by atoms with E-state index in [1.165, 1.54) is 12.8 Å². The number of pyridine rings is 1. The maximum absolute atomic E-state index is 9.91. The Morgan fingerprint density at radius 3 is 3.05 bits per heavy atom. The first-order valence-electron chi connectivity index (χ1n) is 7.69. The zero-order valence-electron chi connectivity index (χ0n) is 12.8. The highest BCUT2D eigenvalue weighted by Crippen LogP contribution is 2.39. The van der Waals surface area contributed by atoms with Gasteiger partial charge < -0.3 is 10.4 Å². The minimum Gasteiger partial charge on any atom is -0.394 e. The summed E-state index contributed by atoms with van der Waals surface area (Å²) in [5.74, 6) is 1.60. The Morgan fingerprint density at radius 1 is 1.57 bits per heavy atom. The van der Waals surface area contributed by atoms with Crippen LogP contribution in [-0.4, -0.2) is 34.0 Å². The van der Waals surface area contributed by atoms with Gasteiger partial charge in [-0.05, 0) is 59.0 Å². The third-order valence-electron chi connectivity index (χ3n) is 4.25. The Bertz CT molecular complexity index is 458. The molecule has 118 valence electrons. The molecular weight excluding hydrogens is 348 g/mol. The van der Waals surface area contributed by atoms with Gasteiger partial charge in [0, 0.05) is 22.3 Å². The van der Waals surface area contributed by atoms with E-state index in [1.807, 2.05) is 18.3 Å². The molecule has 0 spiro atoms. The summed E-state index contributed by atoms with van der Waals surface area (Å²) in [6.45, 7) is 4.56. The quantitative estimate of drug-likeness (QED) is 0.713. The zero-order chi connectivity index (χ0) is 15.3. The summed E-state index contributed by atoms with van der Waals surface area (Å²) in [6.07, 6.45) is 6.46. The molecule has 1 heterocycles. The molecule has 0 saturated heterocycles. The van der Waals surface area contributed by atoms with Gasteiger partial charge in [0.2, 0.25) is 0 Å². The first kappa shape index (κ1) is 17.3. The SMILES string of the molecule is CC(C)NC1(CO)CCCC1CCSc1ncccc1Br. The molecule has 1 aliphatic rings. The summed E-state index contributed by atoms with van der Waals surface area (Å²) in [7, 11) is 0. The molecule has 3 nitrogen and oxygen atoms in total. The molecule has 1 aliphatic carbocycles. The van der Waals surface area contributed by atoms with Gasteiger partial charge in [-0.3, -0.25) is 0 Å². The summed E-state index contributed by atoms with van der Waals surface area (Å²) in [5, 5.41) is 14.6. The molecule has 1 aromatic heterocycles. The lowest BCUT2D eigenvalue weighted by atomic mass is 9.85. The fraction of sp³-hybridized carbons (Fsp3) is 0.688. The van der Waals surface area contributed by atoms with Crippen LogP contribution in [0, 0.1) is 5.92 Å². The van der Waals surface area contributed by atoms with Gasteiger partial charge >= 0.3 is 0 Å². The van der Waals surface area contributed by atoms with Gasteiger partial charge in [-0.2, -0.15) is 0 Å². The van der Waals surface area contributed by atoms with Crippen molar-refractivity contribution in [3.8, 4) is 0 Å². The molecule has 21 heavy (non-hydrogen) atoms. The van der Waals surface area contributed by atoms with E-state index in [-0.39, 0.29) is 12.1 Å². The van der Waals surface area contributed by atoms with Crippen LogP contribution in [0.3, 0.4) is 0 Å². The number of rotatable bonds is 7. The minimum absolute atomic E-state index is 0.0733. The second-order valence-corrected chi connectivity index (χ2v) is 8.07. The van der Waals surface area contributed by atoms with Gasteiger partial charge in [0.1, 0.15) is 5.03 Å². The predicted molar refractivity (Wildman–Crippen MR) is 92.7 cm³/mol. The van der Waals surface area contributed by atoms with Gasteiger partial charge in [0.25, 0.3) is 0 Å². The molecule has 1 saturated carbocycles. The molecular formula is C16H25BrN2OS. The zero-order valence-corrected chi connectivity index (χ0v) is 15.2. The number of thioether (sulfide) groups is 1. The number of aliphatic hydroxyl groups is 1. The van der Waals surface area contributed by atoms with Crippen LogP contribution in [0.1, 0.15) is 39.5 Å². The topological polar surface area (TPSA) is 45.1 Å². The summed E-state index contributed by atoms with van der Waals surface area (Å²) >= 11 is 5.34. The van der Waals surface area contributed by atoms with Crippen molar-refractivity contribution in [1.82, 2.24) is 10.3 Å². The second-order valence-electron chi connectivity index (χ2n) is 6.13. The molecule has 2 unspecified atom stereocenters. The monoisotopic (exact) mass is 372 g/mol. The Kier molecular flexibility index (Phi) is 6.53. The van der Waals surface area contributed by atoms with Gasteiger partial charge in [-0.1, -0.05) is 20.3 Å². The van der Waals surface area contributed by atoms with Crippen LogP contribution in [-0.2, 0) is 0 Å². The van der Waals surface area contributed by atoms with E-state index < -0.39 is 0 Å². The highest BCUT2D eigenvalue weighted by Gasteiger charge is 2.42. The van der Waals surface area contributed by atoms with Gasteiger partial charge in [0.05, 0.1) is 6.61 Å². The lowest BCUT2D eigenvalue weighted by Crippen LogP contribution is -2.54. The Hall–Kier alpha value is -0.100. The van der Waals surface area contributed by atoms with E-state index in [2.05, 4.69) is 40.1 Å². The van der Waals surface area contributed by atoms with Crippen LogP contribution < -0.4 is 5.32 Å². The Balaban J connectivity index is 1.91. The smallest absolute Gasteiger partial charge is 0.110 e. The second kappa shape index (κ2) is 7.95. The average Bonchev–Trinajstić information content (AvgIpc) is 2.84. The van der Waals surface area contributed by atoms with E-state index in [0.29, 0.717) is 12.0 Å². The summed E-state index contributed by atoms with van der Waals surface area (Å²) in [6, 6.07) is 4.38. The summed E-state index contributed by atoms with van der Waals surface area (Å²) in [5.41, 5.74) is -0.0733. The van der Waals surface area contributed by atoms with Crippen molar-refractivity contribution in [3.05, 3.63) is 22.8 Å². The largest absolute Gasteiger partial charge is 0.394 e. The number of hydrogen-bond acceptors (Lipinski definition) is 4. The van der Waals surface area contributed by atoms with Crippen molar-refractivity contribution in [1.29, 1.82) is 0 Å². The number of aliphatic hydroxyl groups excluding tert-OH is 1. The molecule has 1 fully saturated rings. The maximum Gasteiger partial charge on any atom is 0.110 e. The van der Waals surface area contributed by atoms with Crippen LogP contribution in [0.15, 0.2) is 27.8 Å².